The van der Waals surface area contributed by atoms with Gasteiger partial charge in [0, 0.05) is 23.5 Å². The van der Waals surface area contributed by atoms with Crippen LogP contribution in [0.25, 0.3) is 11.7 Å². The van der Waals surface area contributed by atoms with Gasteiger partial charge in [-0.25, -0.2) is 9.78 Å². The first-order valence-electron chi connectivity index (χ1n) is 8.96. The van der Waals surface area contributed by atoms with Gasteiger partial charge in [-0.05, 0) is 51.5 Å². The number of fused-ring (bicyclic) bond motifs is 1. The summed E-state index contributed by atoms with van der Waals surface area (Å²) in [6, 6.07) is 5.44. The lowest BCUT2D eigenvalue weighted by Crippen LogP contribution is -2.24. The second-order valence-electron chi connectivity index (χ2n) is 6.67. The second kappa shape index (κ2) is 8.05. The largest absolute Gasteiger partial charge is 0.451 e. The average Bonchev–Trinajstić information content (AvgIpc) is 3.14. The third-order valence-electron chi connectivity index (χ3n) is 4.60. The number of aromatic nitrogens is 3. The molecule has 29 heavy (non-hydrogen) atoms. The maximum absolute atomic E-state index is 12.7. The van der Waals surface area contributed by atoms with Crippen molar-refractivity contribution >= 4 is 40.9 Å². The lowest BCUT2D eigenvalue weighted by Gasteiger charge is -2.10. The zero-order valence-electron chi connectivity index (χ0n) is 16.4. The van der Waals surface area contributed by atoms with Crippen LogP contribution in [-0.4, -0.2) is 38.0 Å². The fourth-order valence-corrected chi connectivity index (χ4v) is 3.52. The smallest absolute Gasteiger partial charge is 0.331 e. The van der Waals surface area contributed by atoms with Gasteiger partial charge in [-0.3, -0.25) is 14.0 Å². The third kappa shape index (κ3) is 4.00. The standard InChI is InChI=1S/C21H20ClN3O4/c1-11-18(13(3)26)12(2)23-19(11)20(28)14(4)29-17(27)9-8-15-21(22)24-16-7-5-6-10-25(15)16/h5-10,14,23H,1-4H3/b9-8+/t14-/m1/s1. The van der Waals surface area contributed by atoms with Crippen LogP contribution in [-0.2, 0) is 9.53 Å². The molecule has 0 saturated heterocycles. The van der Waals surface area contributed by atoms with Crippen LogP contribution in [0.4, 0.5) is 0 Å². The molecule has 0 unspecified atom stereocenters. The number of hydrogen-bond donors (Lipinski definition) is 1. The highest BCUT2D eigenvalue weighted by Crippen LogP contribution is 2.21. The molecule has 8 heteroatoms. The van der Waals surface area contributed by atoms with E-state index >= 15 is 0 Å². The first-order chi connectivity index (χ1) is 13.7. The summed E-state index contributed by atoms with van der Waals surface area (Å²) in [5, 5.41) is 0.249. The van der Waals surface area contributed by atoms with Crippen LogP contribution in [0.3, 0.4) is 0 Å². The first-order valence-corrected chi connectivity index (χ1v) is 9.34. The van der Waals surface area contributed by atoms with Gasteiger partial charge < -0.3 is 9.72 Å². The molecular formula is C21H20ClN3O4. The number of carbonyl (C=O) groups excluding carboxylic acids is 3. The molecule has 0 amide bonds. The molecule has 3 aromatic heterocycles. The molecule has 1 N–H and O–H groups in total. The Kier molecular flexibility index (Phi) is 5.70. The van der Waals surface area contributed by atoms with Crippen molar-refractivity contribution in [2.24, 2.45) is 0 Å². The van der Waals surface area contributed by atoms with Crippen molar-refractivity contribution in [3.63, 3.8) is 0 Å². The molecule has 0 aliphatic rings. The van der Waals surface area contributed by atoms with Crippen molar-refractivity contribution < 1.29 is 19.1 Å². The number of imidazole rings is 1. The van der Waals surface area contributed by atoms with Gasteiger partial charge in [-0.1, -0.05) is 17.7 Å². The normalized spacial score (nSPS) is 12.4. The van der Waals surface area contributed by atoms with Crippen LogP contribution in [0.2, 0.25) is 5.15 Å². The number of aryl methyl sites for hydroxylation is 1. The van der Waals surface area contributed by atoms with Gasteiger partial charge >= 0.3 is 5.97 Å². The average molecular weight is 414 g/mol. The Hall–Kier alpha value is -3.19. The van der Waals surface area contributed by atoms with E-state index in [1.165, 1.54) is 26.0 Å². The number of carbonyl (C=O) groups is 3. The molecule has 0 saturated carbocycles. The molecule has 0 aliphatic carbocycles. The zero-order chi connectivity index (χ0) is 21.3. The minimum Gasteiger partial charge on any atom is -0.451 e. The Bertz CT molecular complexity index is 1160. The van der Waals surface area contributed by atoms with Crippen LogP contribution in [0.1, 0.15) is 51.6 Å². The summed E-state index contributed by atoms with van der Waals surface area (Å²) in [6.45, 7) is 6.34. The summed E-state index contributed by atoms with van der Waals surface area (Å²) in [6.07, 6.45) is 3.43. The number of H-pyrrole nitrogens is 1. The summed E-state index contributed by atoms with van der Waals surface area (Å²) >= 11 is 6.13. The van der Waals surface area contributed by atoms with E-state index in [0.717, 1.165) is 0 Å². The van der Waals surface area contributed by atoms with Gasteiger partial charge in [-0.15, -0.1) is 0 Å². The Morgan fingerprint density at radius 2 is 2.00 bits per heavy atom. The van der Waals surface area contributed by atoms with Crippen molar-refractivity contribution in [3.05, 3.63) is 63.8 Å². The van der Waals surface area contributed by atoms with Crippen LogP contribution in [0.5, 0.6) is 0 Å². The molecule has 150 valence electrons. The van der Waals surface area contributed by atoms with E-state index in [1.54, 1.807) is 30.5 Å². The van der Waals surface area contributed by atoms with E-state index in [9.17, 15) is 14.4 Å². The SMILES string of the molecule is CC(=O)c1c(C)[nH]c(C(=O)[C@@H](C)OC(=O)/C=C/c2c(Cl)nc3ccccn23)c1C. The van der Waals surface area contributed by atoms with E-state index in [4.69, 9.17) is 16.3 Å². The summed E-state index contributed by atoms with van der Waals surface area (Å²) in [7, 11) is 0. The Labute approximate surface area is 172 Å². The topological polar surface area (TPSA) is 93.5 Å². The number of hydrogen-bond acceptors (Lipinski definition) is 5. The minimum absolute atomic E-state index is 0.132. The lowest BCUT2D eigenvalue weighted by molar-refractivity contribution is -0.140. The molecule has 0 aliphatic heterocycles. The maximum atomic E-state index is 12.7. The molecule has 0 radical (unpaired) electrons. The Morgan fingerprint density at radius 3 is 2.66 bits per heavy atom. The summed E-state index contributed by atoms with van der Waals surface area (Å²) < 4.78 is 6.96. The second-order valence-corrected chi connectivity index (χ2v) is 7.03. The number of esters is 1. The predicted molar refractivity (Wildman–Crippen MR) is 109 cm³/mol. The van der Waals surface area contributed by atoms with Crippen LogP contribution in [0.15, 0.2) is 30.5 Å². The number of nitrogens with zero attached hydrogens (tertiary/aromatic N) is 2. The summed E-state index contributed by atoms with van der Waals surface area (Å²) in [5.74, 6) is -1.24. The Balaban J connectivity index is 1.74. The first kappa shape index (κ1) is 20.5. The van der Waals surface area contributed by atoms with E-state index < -0.39 is 17.9 Å². The van der Waals surface area contributed by atoms with Crippen LogP contribution in [0, 0.1) is 13.8 Å². The fraction of sp³-hybridized carbons (Fsp3) is 0.238. The van der Waals surface area contributed by atoms with Gasteiger partial charge in [0.2, 0.25) is 5.78 Å². The quantitative estimate of drug-likeness (QED) is 0.375. The number of Topliss-reactive ketones (excluding diaryl/α,β-unsaturated/α-hetero) is 2. The molecular weight excluding hydrogens is 394 g/mol. The highest BCUT2D eigenvalue weighted by molar-refractivity contribution is 6.31. The number of halogens is 1. The molecule has 1 atom stereocenters. The molecule has 3 aromatic rings. The van der Waals surface area contributed by atoms with E-state index in [0.29, 0.717) is 28.2 Å². The van der Waals surface area contributed by atoms with Crippen molar-refractivity contribution in [2.45, 2.75) is 33.8 Å². The minimum atomic E-state index is -1.03. The highest BCUT2D eigenvalue weighted by Gasteiger charge is 2.25. The fourth-order valence-electron chi connectivity index (χ4n) is 3.28. The highest BCUT2D eigenvalue weighted by atomic mass is 35.5. The number of ether oxygens (including phenoxy) is 1. The number of aromatic amines is 1. The molecule has 3 rings (SSSR count). The van der Waals surface area contributed by atoms with Gasteiger partial charge in [-0.2, -0.15) is 0 Å². The number of pyridine rings is 1. The lowest BCUT2D eigenvalue weighted by atomic mass is 10.0. The number of rotatable bonds is 6. The molecule has 0 fully saturated rings. The van der Waals surface area contributed by atoms with Gasteiger partial charge in [0.1, 0.15) is 5.65 Å². The molecule has 0 aromatic carbocycles. The van der Waals surface area contributed by atoms with E-state index in [1.807, 2.05) is 12.1 Å². The van der Waals surface area contributed by atoms with E-state index in [2.05, 4.69) is 9.97 Å². The predicted octanol–water partition coefficient (Wildman–Crippen LogP) is 3.96. The van der Waals surface area contributed by atoms with Crippen molar-refractivity contribution in [1.29, 1.82) is 0 Å². The van der Waals surface area contributed by atoms with Crippen LogP contribution >= 0.6 is 11.6 Å². The molecule has 3 heterocycles. The zero-order valence-corrected chi connectivity index (χ0v) is 17.2. The van der Waals surface area contributed by atoms with Crippen molar-refractivity contribution in [1.82, 2.24) is 14.4 Å². The van der Waals surface area contributed by atoms with Gasteiger partial charge in [0.05, 0.1) is 11.4 Å². The summed E-state index contributed by atoms with van der Waals surface area (Å²) in [4.78, 5) is 43.7. The maximum Gasteiger partial charge on any atom is 0.331 e. The van der Waals surface area contributed by atoms with Crippen LogP contribution < -0.4 is 0 Å². The summed E-state index contributed by atoms with van der Waals surface area (Å²) in [5.41, 5.74) is 3.08. The Morgan fingerprint density at radius 1 is 1.28 bits per heavy atom. The monoisotopic (exact) mass is 413 g/mol. The molecule has 0 bridgehead atoms. The number of ketones is 2. The molecule has 0 spiro atoms. The van der Waals surface area contributed by atoms with Crippen molar-refractivity contribution in [2.75, 3.05) is 0 Å². The number of nitrogens with one attached hydrogen (secondary N) is 1. The third-order valence-corrected chi connectivity index (χ3v) is 4.88. The van der Waals surface area contributed by atoms with E-state index in [-0.39, 0.29) is 16.6 Å². The molecule has 7 nitrogen and oxygen atoms in total. The van der Waals surface area contributed by atoms with Crippen molar-refractivity contribution in [3.8, 4) is 0 Å². The van der Waals surface area contributed by atoms with Gasteiger partial charge in [0.25, 0.3) is 0 Å². The van der Waals surface area contributed by atoms with Gasteiger partial charge in [0.15, 0.2) is 17.0 Å².